The number of amides is 1. The molecule has 0 saturated carbocycles. The summed E-state index contributed by atoms with van der Waals surface area (Å²) < 4.78 is 11.7. The van der Waals surface area contributed by atoms with Crippen molar-refractivity contribution in [3.63, 3.8) is 0 Å². The van der Waals surface area contributed by atoms with E-state index in [4.69, 9.17) is 9.47 Å². The van der Waals surface area contributed by atoms with Crippen molar-refractivity contribution in [2.24, 2.45) is 0 Å². The van der Waals surface area contributed by atoms with Gasteiger partial charge in [0, 0.05) is 18.0 Å². The molecule has 1 aromatic heterocycles. The molecule has 2 aliphatic rings. The number of nitrogens with zero attached hydrogens (tertiary/aromatic N) is 1. The van der Waals surface area contributed by atoms with E-state index >= 15 is 0 Å². The molecule has 120 valence electrons. The number of ether oxygens (including phenoxy) is 2. The highest BCUT2D eigenvalue weighted by molar-refractivity contribution is 5.96. The highest BCUT2D eigenvalue weighted by Gasteiger charge is 2.46. The molecule has 0 aromatic carbocycles. The predicted octanol–water partition coefficient (Wildman–Crippen LogP) is 2.21. The molecule has 0 radical (unpaired) electrons. The molecule has 22 heavy (non-hydrogen) atoms. The zero-order valence-electron chi connectivity index (χ0n) is 13.3. The third-order valence-corrected chi connectivity index (χ3v) is 4.55. The third-order valence-electron chi connectivity index (χ3n) is 4.55. The van der Waals surface area contributed by atoms with Gasteiger partial charge in [-0.1, -0.05) is 6.08 Å². The van der Waals surface area contributed by atoms with Gasteiger partial charge < -0.3 is 19.4 Å². The maximum absolute atomic E-state index is 12.9. The molecule has 0 bridgehead atoms. The van der Waals surface area contributed by atoms with Gasteiger partial charge in [0.15, 0.2) is 0 Å². The summed E-state index contributed by atoms with van der Waals surface area (Å²) in [6.45, 7) is 9.43. The van der Waals surface area contributed by atoms with Crippen LogP contribution in [0, 0.1) is 13.8 Å². The lowest BCUT2D eigenvalue weighted by Crippen LogP contribution is -2.44. The van der Waals surface area contributed by atoms with Gasteiger partial charge >= 0.3 is 0 Å². The van der Waals surface area contributed by atoms with Gasteiger partial charge in [-0.3, -0.25) is 4.79 Å². The number of H-pyrrole nitrogens is 1. The first-order chi connectivity index (χ1) is 10.6. The van der Waals surface area contributed by atoms with E-state index in [1.807, 2.05) is 24.8 Å². The second-order valence-electron chi connectivity index (χ2n) is 6.15. The van der Waals surface area contributed by atoms with E-state index in [9.17, 15) is 4.79 Å². The number of aryl methyl sites for hydroxylation is 2. The SMILES string of the molecule is C=CCO[C@H]1CN(C(=O)c2cc(C)[nH]c2C)[C@@H]2CCCO[C@H]12. The second kappa shape index (κ2) is 6.26. The summed E-state index contributed by atoms with van der Waals surface area (Å²) in [5.41, 5.74) is 2.69. The van der Waals surface area contributed by atoms with E-state index in [-0.39, 0.29) is 24.2 Å². The molecule has 3 heterocycles. The Kier molecular flexibility index (Phi) is 4.36. The van der Waals surface area contributed by atoms with Gasteiger partial charge in [-0.05, 0) is 32.8 Å². The number of rotatable bonds is 4. The summed E-state index contributed by atoms with van der Waals surface area (Å²) in [5, 5.41) is 0. The van der Waals surface area contributed by atoms with Crippen LogP contribution < -0.4 is 0 Å². The average Bonchev–Trinajstić information content (AvgIpc) is 3.05. The Hall–Kier alpha value is -1.59. The fourth-order valence-corrected chi connectivity index (χ4v) is 3.58. The van der Waals surface area contributed by atoms with Crippen molar-refractivity contribution in [1.82, 2.24) is 9.88 Å². The third kappa shape index (κ3) is 2.71. The minimum Gasteiger partial charge on any atom is -0.373 e. The van der Waals surface area contributed by atoms with Crippen molar-refractivity contribution in [2.45, 2.75) is 44.9 Å². The molecular weight excluding hydrogens is 280 g/mol. The van der Waals surface area contributed by atoms with Gasteiger partial charge in [-0.15, -0.1) is 6.58 Å². The minimum absolute atomic E-state index is 0.0157. The maximum Gasteiger partial charge on any atom is 0.256 e. The summed E-state index contributed by atoms with van der Waals surface area (Å²) in [6, 6.07) is 2.04. The van der Waals surface area contributed by atoms with E-state index < -0.39 is 0 Å². The lowest BCUT2D eigenvalue weighted by molar-refractivity contribution is -0.0708. The molecule has 2 saturated heterocycles. The zero-order valence-corrected chi connectivity index (χ0v) is 13.3. The van der Waals surface area contributed by atoms with Gasteiger partial charge in [0.05, 0.1) is 24.8 Å². The first-order valence-corrected chi connectivity index (χ1v) is 7.93. The number of hydrogen-bond acceptors (Lipinski definition) is 3. The van der Waals surface area contributed by atoms with Crippen LogP contribution in [0.1, 0.15) is 34.6 Å². The lowest BCUT2D eigenvalue weighted by Gasteiger charge is -2.32. The normalized spacial score (nSPS) is 27.7. The monoisotopic (exact) mass is 304 g/mol. The standard InChI is InChI=1S/C17H24N2O3/c1-4-7-21-15-10-19(14-6-5-8-22-16(14)15)17(20)13-9-11(2)18-12(13)3/h4,9,14-16,18H,1,5-8,10H2,2-3H3/t14-,15+,16+/m1/s1. The zero-order chi connectivity index (χ0) is 15.7. The highest BCUT2D eigenvalue weighted by Crippen LogP contribution is 2.32. The number of nitrogens with one attached hydrogen (secondary N) is 1. The Morgan fingerprint density at radius 2 is 2.41 bits per heavy atom. The van der Waals surface area contributed by atoms with Crippen LogP contribution in [0.4, 0.5) is 0 Å². The molecule has 3 atom stereocenters. The van der Waals surface area contributed by atoms with E-state index in [0.29, 0.717) is 13.2 Å². The number of likely N-dealkylation sites (tertiary alicyclic amines) is 1. The summed E-state index contributed by atoms with van der Waals surface area (Å²) in [4.78, 5) is 18.1. The highest BCUT2D eigenvalue weighted by atomic mass is 16.5. The molecule has 2 fully saturated rings. The Balaban J connectivity index is 1.81. The van der Waals surface area contributed by atoms with Crippen molar-refractivity contribution in [2.75, 3.05) is 19.8 Å². The topological polar surface area (TPSA) is 54.6 Å². The molecule has 1 aromatic rings. The molecular formula is C17H24N2O3. The van der Waals surface area contributed by atoms with Crippen LogP contribution in [0.2, 0.25) is 0 Å². The summed E-state index contributed by atoms with van der Waals surface area (Å²) in [7, 11) is 0. The van der Waals surface area contributed by atoms with E-state index in [0.717, 1.165) is 36.4 Å². The number of carbonyl (C=O) groups excluding carboxylic acids is 1. The lowest BCUT2D eigenvalue weighted by atomic mass is 10.0. The van der Waals surface area contributed by atoms with Crippen LogP contribution in [0.15, 0.2) is 18.7 Å². The smallest absolute Gasteiger partial charge is 0.256 e. The first kappa shape index (κ1) is 15.3. The summed E-state index contributed by atoms with van der Waals surface area (Å²) in [6.07, 6.45) is 3.63. The number of carbonyl (C=O) groups is 1. The molecule has 0 unspecified atom stereocenters. The molecule has 0 aliphatic carbocycles. The van der Waals surface area contributed by atoms with Crippen molar-refractivity contribution in [1.29, 1.82) is 0 Å². The number of hydrogen-bond donors (Lipinski definition) is 1. The Labute approximate surface area is 131 Å². The largest absolute Gasteiger partial charge is 0.373 e. The van der Waals surface area contributed by atoms with Crippen LogP contribution in [0.25, 0.3) is 0 Å². The molecule has 1 N–H and O–H groups in total. The van der Waals surface area contributed by atoms with Crippen LogP contribution in [-0.2, 0) is 9.47 Å². The first-order valence-electron chi connectivity index (χ1n) is 7.93. The van der Waals surface area contributed by atoms with Crippen molar-refractivity contribution < 1.29 is 14.3 Å². The van der Waals surface area contributed by atoms with Gasteiger partial charge in [0.1, 0.15) is 12.2 Å². The Morgan fingerprint density at radius 1 is 1.59 bits per heavy atom. The molecule has 3 rings (SSSR count). The van der Waals surface area contributed by atoms with E-state index in [2.05, 4.69) is 11.6 Å². The predicted molar refractivity (Wildman–Crippen MR) is 84.0 cm³/mol. The molecule has 0 spiro atoms. The maximum atomic E-state index is 12.9. The minimum atomic E-state index is -0.0624. The van der Waals surface area contributed by atoms with Crippen molar-refractivity contribution in [3.8, 4) is 0 Å². The second-order valence-corrected chi connectivity index (χ2v) is 6.15. The number of fused-ring (bicyclic) bond motifs is 1. The average molecular weight is 304 g/mol. The van der Waals surface area contributed by atoms with Gasteiger partial charge in [-0.25, -0.2) is 0 Å². The summed E-state index contributed by atoms with van der Waals surface area (Å²) in [5.74, 6) is 0.0760. The van der Waals surface area contributed by atoms with Gasteiger partial charge in [-0.2, -0.15) is 0 Å². The molecule has 5 heteroatoms. The van der Waals surface area contributed by atoms with Gasteiger partial charge in [0.2, 0.25) is 0 Å². The van der Waals surface area contributed by atoms with E-state index in [1.54, 1.807) is 6.08 Å². The molecule has 1 amide bonds. The number of aromatic amines is 1. The van der Waals surface area contributed by atoms with Gasteiger partial charge in [0.25, 0.3) is 5.91 Å². The van der Waals surface area contributed by atoms with Crippen LogP contribution >= 0.6 is 0 Å². The van der Waals surface area contributed by atoms with Crippen LogP contribution in [0.3, 0.4) is 0 Å². The van der Waals surface area contributed by atoms with Crippen LogP contribution in [-0.4, -0.2) is 53.8 Å². The van der Waals surface area contributed by atoms with Crippen molar-refractivity contribution in [3.05, 3.63) is 35.7 Å². The fraction of sp³-hybridized carbons (Fsp3) is 0.588. The Morgan fingerprint density at radius 3 is 3.09 bits per heavy atom. The quantitative estimate of drug-likeness (QED) is 0.868. The fourth-order valence-electron chi connectivity index (χ4n) is 3.58. The Bertz CT molecular complexity index is 566. The van der Waals surface area contributed by atoms with Crippen LogP contribution in [0.5, 0.6) is 0 Å². The summed E-state index contributed by atoms with van der Waals surface area (Å²) >= 11 is 0. The van der Waals surface area contributed by atoms with E-state index in [1.165, 1.54) is 0 Å². The molecule has 5 nitrogen and oxygen atoms in total. The van der Waals surface area contributed by atoms with Crippen molar-refractivity contribution >= 4 is 5.91 Å². The molecule has 2 aliphatic heterocycles. The number of aromatic nitrogens is 1.